The van der Waals surface area contributed by atoms with Gasteiger partial charge in [-0.3, -0.25) is 0 Å². The summed E-state index contributed by atoms with van der Waals surface area (Å²) in [6.45, 7) is 0. The van der Waals surface area contributed by atoms with Gasteiger partial charge in [-0.25, -0.2) is 0 Å². The fourth-order valence-electron chi connectivity index (χ4n) is 8.64. The maximum absolute atomic E-state index is 2.44. The normalized spacial score (nSPS) is 10.8. The van der Waals surface area contributed by atoms with Crippen LogP contribution in [0.25, 0.3) is 54.9 Å². The van der Waals surface area contributed by atoms with Crippen LogP contribution in [0.5, 0.6) is 0 Å². The average molecular weight is 819 g/mol. The fraction of sp³-hybridized carbons (Fsp3) is 0. The van der Waals surface area contributed by atoms with Gasteiger partial charge in [0.1, 0.15) is 0 Å². The summed E-state index contributed by atoms with van der Waals surface area (Å²) in [6.07, 6.45) is 0. The first-order chi connectivity index (χ1) is 31.8. The van der Waals surface area contributed by atoms with E-state index in [1.165, 1.54) is 54.9 Å². The molecule has 0 bridgehead atoms. The first-order valence-electron chi connectivity index (χ1n) is 21.8. The Kier molecular flexibility index (Phi) is 11.6. The van der Waals surface area contributed by atoms with E-state index >= 15 is 0 Å². The molecule has 0 unspecified atom stereocenters. The maximum atomic E-state index is 2.44. The Morgan fingerprint density at radius 2 is 0.547 bits per heavy atom. The molecule has 0 N–H and O–H groups in total. The van der Waals surface area contributed by atoms with E-state index in [1.54, 1.807) is 0 Å². The molecule has 0 aliphatic rings. The monoisotopic (exact) mass is 818 g/mol. The standard InChI is InChI=1S/C50H36N2.C12H10/c1-6-18-37(19-7-1)48-36-41-34-39-22-16-17-23-40(39)35-47(41)49(38-20-8-2-9-21-38)50(48)52(44-28-14-5-15-29-44)46-32-30-45(31-33-46)51(42-24-10-3-11-25-42)43-26-12-4-13-27-43;1-3-7-11(8-4-1)12-9-5-2-6-10-12/h1-36H;1-10H. The van der Waals surface area contributed by atoms with E-state index in [9.17, 15) is 0 Å². The molecular weight excluding hydrogens is 773 g/mol. The molecule has 0 saturated carbocycles. The van der Waals surface area contributed by atoms with Crippen LogP contribution in [-0.2, 0) is 0 Å². The molecule has 304 valence electrons. The molecule has 0 aliphatic heterocycles. The minimum atomic E-state index is 1.07. The molecule has 11 rings (SSSR count). The fourth-order valence-corrected chi connectivity index (χ4v) is 8.64. The van der Waals surface area contributed by atoms with Gasteiger partial charge in [0, 0.05) is 39.6 Å². The molecule has 0 fully saturated rings. The molecule has 0 aliphatic carbocycles. The first kappa shape index (κ1) is 39.7. The van der Waals surface area contributed by atoms with Gasteiger partial charge in [0.05, 0.1) is 5.69 Å². The highest BCUT2D eigenvalue weighted by molar-refractivity contribution is 6.14. The molecular formula is C62H46N2. The molecule has 64 heavy (non-hydrogen) atoms. The van der Waals surface area contributed by atoms with Crippen molar-refractivity contribution in [2.24, 2.45) is 0 Å². The largest absolute Gasteiger partial charge is 0.311 e. The third-order valence-electron chi connectivity index (χ3n) is 11.6. The van der Waals surface area contributed by atoms with E-state index in [0.29, 0.717) is 0 Å². The lowest BCUT2D eigenvalue weighted by atomic mass is 9.88. The highest BCUT2D eigenvalue weighted by Gasteiger charge is 2.25. The zero-order chi connectivity index (χ0) is 42.9. The summed E-state index contributed by atoms with van der Waals surface area (Å²) in [5.41, 5.74) is 13.9. The number of fused-ring (bicyclic) bond motifs is 2. The van der Waals surface area contributed by atoms with Gasteiger partial charge in [-0.1, -0.05) is 200 Å². The maximum Gasteiger partial charge on any atom is 0.0624 e. The van der Waals surface area contributed by atoms with E-state index in [0.717, 1.165) is 34.1 Å². The molecule has 0 aromatic heterocycles. The third kappa shape index (κ3) is 8.41. The number of hydrogen-bond acceptors (Lipinski definition) is 2. The van der Waals surface area contributed by atoms with Crippen molar-refractivity contribution in [3.63, 3.8) is 0 Å². The summed E-state index contributed by atoms with van der Waals surface area (Å²) in [7, 11) is 0. The van der Waals surface area contributed by atoms with Crippen LogP contribution >= 0.6 is 0 Å². The minimum absolute atomic E-state index is 1.07. The summed E-state index contributed by atoms with van der Waals surface area (Å²) in [4.78, 5) is 4.75. The van der Waals surface area contributed by atoms with E-state index in [4.69, 9.17) is 0 Å². The molecule has 0 spiro atoms. The second kappa shape index (κ2) is 18.7. The SMILES string of the molecule is c1ccc(-c2cc3cc4ccccc4cc3c(-c3ccccc3)c2N(c2ccccc2)c2ccc(N(c3ccccc3)c3ccccc3)cc2)cc1.c1ccc(-c2ccccc2)cc1. The lowest BCUT2D eigenvalue weighted by Crippen LogP contribution is -2.14. The number of benzene rings is 11. The van der Waals surface area contributed by atoms with Gasteiger partial charge in [-0.05, 0) is 123 Å². The molecule has 0 heterocycles. The zero-order valence-corrected chi connectivity index (χ0v) is 35.5. The molecule has 11 aromatic carbocycles. The van der Waals surface area contributed by atoms with Crippen molar-refractivity contribution in [3.8, 4) is 33.4 Å². The van der Waals surface area contributed by atoms with Gasteiger partial charge in [0.15, 0.2) is 0 Å². The Morgan fingerprint density at radius 3 is 1.00 bits per heavy atom. The quantitative estimate of drug-likeness (QED) is 0.134. The van der Waals surface area contributed by atoms with Crippen molar-refractivity contribution >= 4 is 55.7 Å². The van der Waals surface area contributed by atoms with Crippen molar-refractivity contribution in [2.45, 2.75) is 0 Å². The lowest BCUT2D eigenvalue weighted by Gasteiger charge is -2.32. The summed E-state index contributed by atoms with van der Waals surface area (Å²) in [5.74, 6) is 0. The van der Waals surface area contributed by atoms with Gasteiger partial charge in [0.25, 0.3) is 0 Å². The Balaban J connectivity index is 0.000000348. The van der Waals surface area contributed by atoms with Gasteiger partial charge in [0.2, 0.25) is 0 Å². The zero-order valence-electron chi connectivity index (χ0n) is 35.5. The minimum Gasteiger partial charge on any atom is -0.311 e. The summed E-state index contributed by atoms with van der Waals surface area (Å²) in [5, 5.41) is 4.89. The van der Waals surface area contributed by atoms with Crippen LogP contribution < -0.4 is 9.80 Å². The Morgan fingerprint density at radius 1 is 0.219 bits per heavy atom. The molecule has 0 atom stereocenters. The second-order valence-electron chi connectivity index (χ2n) is 15.7. The van der Waals surface area contributed by atoms with Crippen LogP contribution in [0.15, 0.2) is 279 Å². The Hall–Kier alpha value is -8.46. The van der Waals surface area contributed by atoms with E-state index < -0.39 is 0 Å². The van der Waals surface area contributed by atoms with Gasteiger partial charge >= 0.3 is 0 Å². The van der Waals surface area contributed by atoms with Crippen LogP contribution in [0.2, 0.25) is 0 Å². The summed E-state index contributed by atoms with van der Waals surface area (Å²) >= 11 is 0. The van der Waals surface area contributed by atoms with Crippen LogP contribution in [0.3, 0.4) is 0 Å². The highest BCUT2D eigenvalue weighted by atomic mass is 15.2. The van der Waals surface area contributed by atoms with Crippen LogP contribution in [0.4, 0.5) is 34.1 Å². The Labute approximate surface area is 376 Å². The van der Waals surface area contributed by atoms with Gasteiger partial charge < -0.3 is 9.80 Å². The molecule has 2 heteroatoms. The number of para-hydroxylation sites is 3. The van der Waals surface area contributed by atoms with Gasteiger partial charge in [-0.2, -0.15) is 0 Å². The van der Waals surface area contributed by atoms with Crippen molar-refractivity contribution in [1.29, 1.82) is 0 Å². The van der Waals surface area contributed by atoms with E-state index in [-0.39, 0.29) is 0 Å². The lowest BCUT2D eigenvalue weighted by molar-refractivity contribution is 1.26. The van der Waals surface area contributed by atoms with Crippen molar-refractivity contribution in [1.82, 2.24) is 0 Å². The highest BCUT2D eigenvalue weighted by Crippen LogP contribution is 2.51. The number of rotatable bonds is 9. The van der Waals surface area contributed by atoms with Crippen LogP contribution in [0, 0.1) is 0 Å². The molecule has 0 saturated heterocycles. The third-order valence-corrected chi connectivity index (χ3v) is 11.6. The topological polar surface area (TPSA) is 6.48 Å². The second-order valence-corrected chi connectivity index (χ2v) is 15.7. The van der Waals surface area contributed by atoms with Crippen molar-refractivity contribution in [3.05, 3.63) is 279 Å². The van der Waals surface area contributed by atoms with E-state index in [2.05, 4.69) is 277 Å². The molecule has 11 aromatic rings. The average Bonchev–Trinajstić information content (AvgIpc) is 3.38. The van der Waals surface area contributed by atoms with Crippen LogP contribution in [0.1, 0.15) is 0 Å². The van der Waals surface area contributed by atoms with Gasteiger partial charge in [-0.15, -0.1) is 0 Å². The predicted octanol–water partition coefficient (Wildman–Crippen LogP) is 17.6. The van der Waals surface area contributed by atoms with Crippen LogP contribution in [-0.4, -0.2) is 0 Å². The van der Waals surface area contributed by atoms with Crippen molar-refractivity contribution in [2.75, 3.05) is 9.80 Å². The Bertz CT molecular complexity index is 3140. The first-order valence-corrected chi connectivity index (χ1v) is 21.8. The summed E-state index contributed by atoms with van der Waals surface area (Å²) in [6, 6.07) is 99.1. The summed E-state index contributed by atoms with van der Waals surface area (Å²) < 4.78 is 0. The van der Waals surface area contributed by atoms with Crippen molar-refractivity contribution < 1.29 is 0 Å². The molecule has 0 radical (unpaired) electrons. The van der Waals surface area contributed by atoms with E-state index in [1.807, 2.05) is 12.1 Å². The number of anilines is 6. The molecule has 2 nitrogen and oxygen atoms in total. The molecule has 0 amide bonds. The predicted molar refractivity (Wildman–Crippen MR) is 274 cm³/mol. The number of hydrogen-bond donors (Lipinski definition) is 0. The smallest absolute Gasteiger partial charge is 0.0624 e. The number of nitrogens with zero attached hydrogens (tertiary/aromatic N) is 2.